The van der Waals surface area contributed by atoms with Crippen LogP contribution in [0.4, 0.5) is 4.79 Å². The highest BCUT2D eigenvalue weighted by atomic mass is 32.2. The molecule has 0 radical (unpaired) electrons. The van der Waals surface area contributed by atoms with Gasteiger partial charge in [0.2, 0.25) is 10.0 Å². The second kappa shape index (κ2) is 11.5. The lowest BCUT2D eigenvalue weighted by Gasteiger charge is -2.30. The number of nitrogens with one attached hydrogen (secondary N) is 1. The Kier molecular flexibility index (Phi) is 7.79. The van der Waals surface area contributed by atoms with Gasteiger partial charge in [-0.3, -0.25) is 0 Å². The maximum atomic E-state index is 13.8. The highest BCUT2D eigenvalue weighted by Crippen LogP contribution is 2.42. The number of rotatable bonds is 6. The van der Waals surface area contributed by atoms with Crippen LogP contribution in [0.5, 0.6) is 0 Å². The van der Waals surface area contributed by atoms with Crippen LogP contribution in [-0.2, 0) is 44.0 Å². The predicted octanol–water partition coefficient (Wildman–Crippen LogP) is 7.12. The zero-order valence-electron chi connectivity index (χ0n) is 26.0. The predicted molar refractivity (Wildman–Crippen MR) is 175 cm³/mol. The molecule has 0 spiro atoms. The van der Waals surface area contributed by atoms with Crippen molar-refractivity contribution < 1.29 is 27.5 Å². The van der Waals surface area contributed by atoms with Gasteiger partial charge in [-0.1, -0.05) is 60.2 Å². The molecule has 6 rings (SSSR count). The minimum Gasteiger partial charge on any atom is -0.459 e. The van der Waals surface area contributed by atoms with Crippen molar-refractivity contribution in [2.24, 2.45) is 0 Å². The molecule has 0 unspecified atom stereocenters. The number of fused-ring (bicyclic) bond motifs is 4. The first-order chi connectivity index (χ1) is 21.3. The molecular formula is C36H36N2O6S. The molecule has 45 heavy (non-hydrogen) atoms. The topological polar surface area (TPSA) is 102 Å². The van der Waals surface area contributed by atoms with E-state index in [2.05, 4.69) is 17.4 Å². The summed E-state index contributed by atoms with van der Waals surface area (Å²) < 4.78 is 40.1. The van der Waals surface area contributed by atoms with E-state index in [4.69, 9.17) is 9.47 Å². The third kappa shape index (κ3) is 5.98. The van der Waals surface area contributed by atoms with Crippen molar-refractivity contribution in [1.82, 2.24) is 9.62 Å². The number of nitrogens with zero attached hydrogens (tertiary/aromatic N) is 1. The number of esters is 1. The van der Waals surface area contributed by atoms with Crippen molar-refractivity contribution >= 4 is 54.4 Å². The summed E-state index contributed by atoms with van der Waals surface area (Å²) in [7, 11) is -3.74. The number of hydrogen-bond donors (Lipinski definition) is 1. The van der Waals surface area contributed by atoms with E-state index in [0.29, 0.717) is 0 Å². The van der Waals surface area contributed by atoms with E-state index < -0.39 is 33.7 Å². The number of sulfonamides is 1. The third-order valence-electron chi connectivity index (χ3n) is 8.02. The van der Waals surface area contributed by atoms with Crippen molar-refractivity contribution in [3.05, 3.63) is 101 Å². The van der Waals surface area contributed by atoms with Crippen LogP contribution in [0.25, 0.3) is 32.3 Å². The van der Waals surface area contributed by atoms with E-state index in [-0.39, 0.29) is 24.6 Å². The van der Waals surface area contributed by atoms with Crippen molar-refractivity contribution in [3.8, 4) is 0 Å². The Morgan fingerprint density at radius 3 is 2.20 bits per heavy atom. The highest BCUT2D eigenvalue weighted by Gasteiger charge is 2.31. The standard InChI is InChI=1S/C36H36N2O6S/c1-22-13-15-29(16-14-22)45(41,42)38-19-27-17-24-9-6-7-12-30(24)33-31-25(18-28(20-38)32(27)33)10-8-11-26(31)21-43-34(39)23(2)37-35(40)44-36(3,4)5/h6-18,23H,19-21H2,1-5H3,(H,37,40)/t23-/m0/s1. The van der Waals surface area contributed by atoms with Gasteiger partial charge >= 0.3 is 12.1 Å². The molecule has 0 aliphatic carbocycles. The van der Waals surface area contributed by atoms with Gasteiger partial charge in [-0.05, 0) is 108 Å². The molecule has 232 valence electrons. The molecule has 5 aromatic carbocycles. The van der Waals surface area contributed by atoms with E-state index in [0.717, 1.165) is 54.6 Å². The lowest BCUT2D eigenvalue weighted by Crippen LogP contribution is -2.42. The summed E-state index contributed by atoms with van der Waals surface area (Å²) in [5.74, 6) is -0.581. The Bertz CT molecular complexity index is 2070. The molecule has 1 amide bonds. The molecule has 0 fully saturated rings. The number of aryl methyl sites for hydroxylation is 1. The first-order valence-electron chi connectivity index (χ1n) is 14.9. The molecular weight excluding hydrogens is 588 g/mol. The molecule has 1 heterocycles. The van der Waals surface area contributed by atoms with Crippen molar-refractivity contribution in [2.45, 2.75) is 70.9 Å². The van der Waals surface area contributed by atoms with E-state index >= 15 is 0 Å². The lowest BCUT2D eigenvalue weighted by atomic mass is 9.86. The molecule has 0 bridgehead atoms. The van der Waals surface area contributed by atoms with Crippen molar-refractivity contribution in [3.63, 3.8) is 0 Å². The number of ether oxygens (including phenoxy) is 2. The van der Waals surface area contributed by atoms with E-state index in [1.165, 1.54) is 0 Å². The normalized spacial score (nSPS) is 14.4. The zero-order valence-corrected chi connectivity index (χ0v) is 26.8. The average Bonchev–Trinajstić information content (AvgIpc) is 2.98. The molecule has 0 saturated carbocycles. The summed E-state index contributed by atoms with van der Waals surface area (Å²) in [6.07, 6.45) is -0.692. The number of carbonyl (C=O) groups excluding carboxylic acids is 2. The van der Waals surface area contributed by atoms with Gasteiger partial charge in [0, 0.05) is 13.1 Å². The third-order valence-corrected chi connectivity index (χ3v) is 9.83. The van der Waals surface area contributed by atoms with Gasteiger partial charge in [0.05, 0.1) is 4.90 Å². The fourth-order valence-corrected chi connectivity index (χ4v) is 7.39. The number of alkyl carbamates (subject to hydrolysis) is 1. The SMILES string of the molecule is Cc1ccc(S(=O)(=O)N2Cc3cc4ccccc4c4c3c(cc3cccc(COC(=O)[C@H](C)NC(=O)OC(C)(C)C)c34)C2)cc1. The molecule has 9 heteroatoms. The van der Waals surface area contributed by atoms with E-state index in [9.17, 15) is 18.0 Å². The van der Waals surface area contributed by atoms with Crippen LogP contribution in [0.2, 0.25) is 0 Å². The summed E-state index contributed by atoms with van der Waals surface area (Å²) in [5, 5.41) is 8.47. The van der Waals surface area contributed by atoms with Crippen LogP contribution in [-0.4, -0.2) is 36.4 Å². The van der Waals surface area contributed by atoms with Crippen molar-refractivity contribution in [1.29, 1.82) is 0 Å². The quantitative estimate of drug-likeness (QED) is 0.160. The van der Waals surface area contributed by atoms with Gasteiger partial charge in [-0.25, -0.2) is 18.0 Å². The number of hydrogen-bond acceptors (Lipinski definition) is 6. The molecule has 1 aliphatic rings. The fourth-order valence-electron chi connectivity index (χ4n) is 5.99. The largest absolute Gasteiger partial charge is 0.459 e. The van der Waals surface area contributed by atoms with Crippen LogP contribution < -0.4 is 5.32 Å². The van der Waals surface area contributed by atoms with Crippen molar-refractivity contribution in [2.75, 3.05) is 0 Å². The van der Waals surface area contributed by atoms with Gasteiger partial charge in [-0.15, -0.1) is 0 Å². The van der Waals surface area contributed by atoms with Gasteiger partial charge in [-0.2, -0.15) is 4.31 Å². The minimum absolute atomic E-state index is 0.00254. The number of benzene rings is 5. The summed E-state index contributed by atoms with van der Waals surface area (Å²) in [6, 6.07) is 24.1. The molecule has 1 aliphatic heterocycles. The molecule has 0 saturated heterocycles. The first kappa shape index (κ1) is 30.6. The maximum Gasteiger partial charge on any atom is 0.408 e. The maximum absolute atomic E-state index is 13.8. The van der Waals surface area contributed by atoms with Crippen LogP contribution >= 0.6 is 0 Å². The Morgan fingerprint density at radius 1 is 0.867 bits per heavy atom. The zero-order chi connectivity index (χ0) is 32.1. The molecule has 5 aromatic rings. The number of amides is 1. The Hall–Kier alpha value is -4.47. The van der Waals surface area contributed by atoms with E-state index in [1.54, 1.807) is 44.1 Å². The first-order valence-corrected chi connectivity index (χ1v) is 16.4. The Balaban J connectivity index is 1.40. The molecule has 0 aromatic heterocycles. The monoisotopic (exact) mass is 624 g/mol. The number of carbonyl (C=O) groups is 2. The Labute approximate surface area is 263 Å². The second-order valence-corrected chi connectivity index (χ2v) is 14.6. The van der Waals surface area contributed by atoms with Gasteiger partial charge in [0.15, 0.2) is 0 Å². The average molecular weight is 625 g/mol. The lowest BCUT2D eigenvalue weighted by molar-refractivity contribution is -0.147. The minimum atomic E-state index is -3.74. The van der Waals surface area contributed by atoms with Gasteiger partial charge in [0.25, 0.3) is 0 Å². The summed E-state index contributed by atoms with van der Waals surface area (Å²) in [5.41, 5.74) is 2.96. The fraction of sp³-hybridized carbons (Fsp3) is 0.278. The van der Waals surface area contributed by atoms with E-state index in [1.807, 2.05) is 61.5 Å². The van der Waals surface area contributed by atoms with Crippen LogP contribution in [0, 0.1) is 6.92 Å². The summed E-state index contributed by atoms with van der Waals surface area (Å²) in [4.78, 5) is 25.4. The van der Waals surface area contributed by atoms with Crippen LogP contribution in [0.3, 0.4) is 0 Å². The summed E-state index contributed by atoms with van der Waals surface area (Å²) in [6.45, 7) is 9.21. The Morgan fingerprint density at radius 2 is 1.51 bits per heavy atom. The summed E-state index contributed by atoms with van der Waals surface area (Å²) >= 11 is 0. The van der Waals surface area contributed by atoms with Gasteiger partial charge in [0.1, 0.15) is 18.2 Å². The smallest absolute Gasteiger partial charge is 0.408 e. The molecule has 1 N–H and O–H groups in total. The molecule has 1 atom stereocenters. The molecule has 8 nitrogen and oxygen atoms in total. The second-order valence-electron chi connectivity index (χ2n) is 12.6. The van der Waals surface area contributed by atoms with Crippen LogP contribution in [0.1, 0.15) is 49.9 Å². The van der Waals surface area contributed by atoms with Gasteiger partial charge < -0.3 is 14.8 Å². The highest BCUT2D eigenvalue weighted by molar-refractivity contribution is 7.89. The van der Waals surface area contributed by atoms with Crippen LogP contribution in [0.15, 0.2) is 83.8 Å².